The summed E-state index contributed by atoms with van der Waals surface area (Å²) in [5.74, 6) is -1.13. The lowest BCUT2D eigenvalue weighted by molar-refractivity contribution is -0.117. The van der Waals surface area contributed by atoms with Gasteiger partial charge >= 0.3 is 5.97 Å². The van der Waals surface area contributed by atoms with Gasteiger partial charge in [-0.2, -0.15) is 0 Å². The Morgan fingerprint density at radius 2 is 1.95 bits per heavy atom. The second-order valence-electron chi connectivity index (χ2n) is 6.01. The molecule has 0 radical (unpaired) electrons. The second kappa shape index (κ2) is 6.27. The van der Waals surface area contributed by atoms with Gasteiger partial charge in [-0.25, -0.2) is 4.79 Å². The number of carboxylic acids is 1. The zero-order valence-corrected chi connectivity index (χ0v) is 12.9. The average Bonchev–Trinajstić information content (AvgIpc) is 2.26. The first-order valence-corrected chi connectivity index (χ1v) is 6.81. The third-order valence-electron chi connectivity index (χ3n) is 3.46. The van der Waals surface area contributed by atoms with E-state index >= 15 is 0 Å². The van der Waals surface area contributed by atoms with Crippen LogP contribution in [0.25, 0.3) is 0 Å². The molecule has 1 unspecified atom stereocenters. The number of amides is 1. The minimum absolute atomic E-state index is 0.0152. The molecule has 0 aliphatic carbocycles. The number of carbonyl (C=O) groups is 2. The van der Waals surface area contributed by atoms with E-state index in [0.717, 1.165) is 0 Å². The molecule has 0 bridgehead atoms. The van der Waals surface area contributed by atoms with E-state index in [4.69, 9.17) is 16.7 Å². The standard InChI is InChI=1S/C15H20ClNO3/c1-9(15(2,3)4)7-13(18)17-12-8-10(16)5-6-11(12)14(19)20/h5-6,8-9H,7H2,1-4H3,(H,17,18)(H,19,20). The van der Waals surface area contributed by atoms with Crippen LogP contribution in [-0.2, 0) is 4.79 Å². The van der Waals surface area contributed by atoms with Gasteiger partial charge in [-0.15, -0.1) is 0 Å². The van der Waals surface area contributed by atoms with Gasteiger partial charge in [0.25, 0.3) is 0 Å². The van der Waals surface area contributed by atoms with Crippen molar-refractivity contribution in [2.45, 2.75) is 34.1 Å². The minimum Gasteiger partial charge on any atom is -0.478 e. The fraction of sp³-hybridized carbons (Fsp3) is 0.467. The van der Waals surface area contributed by atoms with Crippen LogP contribution in [0.2, 0.25) is 5.02 Å². The highest BCUT2D eigenvalue weighted by molar-refractivity contribution is 6.31. The van der Waals surface area contributed by atoms with Crippen LogP contribution in [0, 0.1) is 11.3 Å². The lowest BCUT2D eigenvalue weighted by atomic mass is 9.80. The molecule has 0 aliphatic rings. The van der Waals surface area contributed by atoms with Crippen molar-refractivity contribution < 1.29 is 14.7 Å². The van der Waals surface area contributed by atoms with Crippen LogP contribution in [0.4, 0.5) is 5.69 Å². The molecule has 20 heavy (non-hydrogen) atoms. The zero-order valence-electron chi connectivity index (χ0n) is 12.2. The van der Waals surface area contributed by atoms with E-state index in [1.165, 1.54) is 18.2 Å². The predicted octanol–water partition coefficient (Wildman–Crippen LogP) is 4.05. The quantitative estimate of drug-likeness (QED) is 0.881. The monoisotopic (exact) mass is 297 g/mol. The van der Waals surface area contributed by atoms with Crippen molar-refractivity contribution in [3.63, 3.8) is 0 Å². The van der Waals surface area contributed by atoms with Crippen LogP contribution in [0.5, 0.6) is 0 Å². The normalized spacial score (nSPS) is 12.8. The molecule has 1 aromatic carbocycles. The van der Waals surface area contributed by atoms with Crippen LogP contribution in [-0.4, -0.2) is 17.0 Å². The summed E-state index contributed by atoms with van der Waals surface area (Å²) in [5, 5.41) is 12.1. The molecule has 4 nitrogen and oxygen atoms in total. The molecule has 0 fully saturated rings. The Hall–Kier alpha value is -1.55. The molecular formula is C15H20ClNO3. The van der Waals surface area contributed by atoms with Crippen molar-refractivity contribution in [2.75, 3.05) is 5.32 Å². The first kappa shape index (κ1) is 16.5. The topological polar surface area (TPSA) is 66.4 Å². The van der Waals surface area contributed by atoms with Crippen molar-refractivity contribution >= 4 is 29.2 Å². The lowest BCUT2D eigenvalue weighted by Gasteiger charge is -2.26. The Morgan fingerprint density at radius 3 is 2.45 bits per heavy atom. The van der Waals surface area contributed by atoms with E-state index in [-0.39, 0.29) is 28.5 Å². The van der Waals surface area contributed by atoms with Crippen LogP contribution >= 0.6 is 11.6 Å². The number of carboxylic acid groups (broad SMARTS) is 1. The first-order chi connectivity index (χ1) is 9.11. The van der Waals surface area contributed by atoms with Gasteiger partial charge in [0.15, 0.2) is 0 Å². The maximum absolute atomic E-state index is 12.0. The average molecular weight is 298 g/mol. The summed E-state index contributed by atoms with van der Waals surface area (Å²) in [7, 11) is 0. The Morgan fingerprint density at radius 1 is 1.35 bits per heavy atom. The van der Waals surface area contributed by atoms with Crippen LogP contribution < -0.4 is 5.32 Å². The number of benzene rings is 1. The zero-order chi connectivity index (χ0) is 15.5. The number of nitrogens with one attached hydrogen (secondary N) is 1. The molecule has 1 rings (SSSR count). The number of anilines is 1. The molecule has 0 aliphatic heterocycles. The van der Waals surface area contributed by atoms with E-state index < -0.39 is 5.97 Å². The Bertz CT molecular complexity index is 520. The molecule has 5 heteroatoms. The second-order valence-corrected chi connectivity index (χ2v) is 6.45. The van der Waals surface area contributed by atoms with Gasteiger partial charge in [0.05, 0.1) is 11.3 Å². The smallest absolute Gasteiger partial charge is 0.337 e. The maximum atomic E-state index is 12.0. The summed E-state index contributed by atoms with van der Waals surface area (Å²) in [5.41, 5.74) is 0.281. The largest absolute Gasteiger partial charge is 0.478 e. The van der Waals surface area contributed by atoms with Crippen molar-refractivity contribution in [2.24, 2.45) is 11.3 Å². The first-order valence-electron chi connectivity index (χ1n) is 6.44. The van der Waals surface area contributed by atoms with Gasteiger partial charge in [-0.1, -0.05) is 39.3 Å². The molecular weight excluding hydrogens is 278 g/mol. The SMILES string of the molecule is CC(CC(=O)Nc1cc(Cl)ccc1C(=O)O)C(C)(C)C. The molecule has 0 aromatic heterocycles. The molecule has 0 saturated carbocycles. The number of rotatable bonds is 4. The number of hydrogen-bond acceptors (Lipinski definition) is 2. The summed E-state index contributed by atoms with van der Waals surface area (Å²) in [6, 6.07) is 4.32. The number of carbonyl (C=O) groups excluding carboxylic acids is 1. The Labute approximate surface area is 124 Å². The summed E-state index contributed by atoms with van der Waals surface area (Å²) >= 11 is 5.84. The molecule has 0 heterocycles. The van der Waals surface area contributed by atoms with Crippen molar-refractivity contribution in [1.82, 2.24) is 0 Å². The van der Waals surface area contributed by atoms with Crippen LogP contribution in [0.15, 0.2) is 18.2 Å². The van der Waals surface area contributed by atoms with E-state index in [1.54, 1.807) is 0 Å². The summed E-state index contributed by atoms with van der Waals surface area (Å²) in [6.07, 6.45) is 0.328. The maximum Gasteiger partial charge on any atom is 0.337 e. The van der Waals surface area contributed by atoms with Crippen molar-refractivity contribution in [3.05, 3.63) is 28.8 Å². The highest BCUT2D eigenvalue weighted by atomic mass is 35.5. The molecule has 0 saturated heterocycles. The Kier molecular flexibility index (Phi) is 5.17. The van der Waals surface area contributed by atoms with Gasteiger partial charge in [0.2, 0.25) is 5.91 Å². The molecule has 1 aromatic rings. The fourth-order valence-electron chi connectivity index (χ4n) is 1.59. The minimum atomic E-state index is -1.10. The summed E-state index contributed by atoms with van der Waals surface area (Å²) in [4.78, 5) is 23.1. The number of aromatic carboxylic acids is 1. The van der Waals surface area contributed by atoms with Crippen molar-refractivity contribution in [3.8, 4) is 0 Å². The highest BCUT2D eigenvalue weighted by Crippen LogP contribution is 2.29. The fourth-order valence-corrected chi connectivity index (χ4v) is 1.76. The molecule has 2 N–H and O–H groups in total. The lowest BCUT2D eigenvalue weighted by Crippen LogP contribution is -2.24. The van der Waals surface area contributed by atoms with E-state index in [1.807, 2.05) is 6.92 Å². The van der Waals surface area contributed by atoms with Gasteiger partial charge in [0.1, 0.15) is 0 Å². The predicted molar refractivity (Wildman–Crippen MR) is 80.3 cm³/mol. The van der Waals surface area contributed by atoms with Gasteiger partial charge in [-0.3, -0.25) is 4.79 Å². The third-order valence-corrected chi connectivity index (χ3v) is 3.69. The number of halogens is 1. The molecule has 1 atom stereocenters. The summed E-state index contributed by atoms with van der Waals surface area (Å²) in [6.45, 7) is 8.18. The van der Waals surface area contributed by atoms with Crippen molar-refractivity contribution in [1.29, 1.82) is 0 Å². The van der Waals surface area contributed by atoms with Crippen LogP contribution in [0.3, 0.4) is 0 Å². The van der Waals surface area contributed by atoms with Crippen LogP contribution in [0.1, 0.15) is 44.5 Å². The third kappa shape index (κ3) is 4.53. The van der Waals surface area contributed by atoms with E-state index in [9.17, 15) is 9.59 Å². The van der Waals surface area contributed by atoms with E-state index in [0.29, 0.717) is 11.4 Å². The van der Waals surface area contributed by atoms with E-state index in [2.05, 4.69) is 26.1 Å². The van der Waals surface area contributed by atoms with Gasteiger partial charge in [-0.05, 0) is 29.5 Å². The highest BCUT2D eigenvalue weighted by Gasteiger charge is 2.23. The molecule has 110 valence electrons. The van der Waals surface area contributed by atoms with Gasteiger partial charge < -0.3 is 10.4 Å². The molecule has 1 amide bonds. The number of hydrogen-bond donors (Lipinski definition) is 2. The van der Waals surface area contributed by atoms with Gasteiger partial charge in [0, 0.05) is 11.4 Å². The summed E-state index contributed by atoms with van der Waals surface area (Å²) < 4.78 is 0. The Balaban J connectivity index is 2.86. The molecule has 0 spiro atoms.